The van der Waals surface area contributed by atoms with Gasteiger partial charge in [0.1, 0.15) is 5.52 Å². The molecular formula is C21H20N4O3. The minimum atomic E-state index is -0.320. The van der Waals surface area contributed by atoms with Gasteiger partial charge in [-0.05, 0) is 17.7 Å². The number of amides is 1. The van der Waals surface area contributed by atoms with Gasteiger partial charge >= 0.3 is 0 Å². The Bertz CT molecular complexity index is 1190. The Balaban J connectivity index is 1.74. The first-order chi connectivity index (χ1) is 13.7. The molecule has 2 aromatic carbocycles. The molecule has 0 aliphatic rings. The Morgan fingerprint density at radius 3 is 2.50 bits per heavy atom. The highest BCUT2D eigenvalue weighted by Crippen LogP contribution is 2.15. The van der Waals surface area contributed by atoms with Crippen molar-refractivity contribution < 1.29 is 9.53 Å². The van der Waals surface area contributed by atoms with Crippen molar-refractivity contribution >= 4 is 22.5 Å². The van der Waals surface area contributed by atoms with Crippen molar-refractivity contribution in [2.45, 2.75) is 13.1 Å². The Hall–Kier alpha value is -3.45. The predicted octanol–water partition coefficient (Wildman–Crippen LogP) is 2.23. The van der Waals surface area contributed by atoms with E-state index in [1.807, 2.05) is 54.6 Å². The number of nitrogens with one attached hydrogen (secondary N) is 1. The number of hydrogen-bond acceptors (Lipinski definition) is 4. The molecule has 0 aliphatic carbocycles. The van der Waals surface area contributed by atoms with Crippen molar-refractivity contribution in [1.29, 1.82) is 0 Å². The van der Waals surface area contributed by atoms with Crippen LogP contribution in [0.2, 0.25) is 0 Å². The van der Waals surface area contributed by atoms with Crippen LogP contribution >= 0.6 is 0 Å². The van der Waals surface area contributed by atoms with Gasteiger partial charge in [0.05, 0.1) is 17.6 Å². The molecule has 0 saturated heterocycles. The Kier molecular flexibility index (Phi) is 4.90. The smallest absolute Gasteiger partial charge is 0.277 e. The maximum atomic E-state index is 13.0. The molecule has 0 saturated carbocycles. The second-order valence-corrected chi connectivity index (χ2v) is 6.43. The molecule has 142 valence electrons. The summed E-state index contributed by atoms with van der Waals surface area (Å²) in [6.45, 7) is 1.23. The van der Waals surface area contributed by atoms with Gasteiger partial charge in [-0.2, -0.15) is 5.10 Å². The van der Waals surface area contributed by atoms with Crippen LogP contribution < -0.4 is 10.9 Å². The normalized spacial score (nSPS) is 11.2. The fraction of sp³-hybridized carbons (Fsp3) is 0.190. The van der Waals surface area contributed by atoms with Crippen LogP contribution in [0.15, 0.2) is 65.5 Å². The number of carbonyl (C=O) groups excluding carboxylic acids is 1. The zero-order valence-corrected chi connectivity index (χ0v) is 15.5. The standard InChI is InChI=1S/C21H20N4O3/c1-28-12-11-24-17-9-5-6-10-18(17)25-19(21(24)27)13-16(23-25)20(26)22-14-15-7-3-2-4-8-15/h2-10,13H,11-12,14H2,1H3,(H,22,26). The molecule has 2 heterocycles. The zero-order valence-electron chi connectivity index (χ0n) is 15.5. The van der Waals surface area contributed by atoms with Crippen molar-refractivity contribution in [3.05, 3.63) is 82.3 Å². The fourth-order valence-electron chi connectivity index (χ4n) is 3.22. The van der Waals surface area contributed by atoms with Crippen molar-refractivity contribution in [3.8, 4) is 0 Å². The molecular weight excluding hydrogens is 356 g/mol. The minimum absolute atomic E-state index is 0.203. The third kappa shape index (κ3) is 3.27. The number of methoxy groups -OCH3 is 1. The van der Waals surface area contributed by atoms with Gasteiger partial charge in [-0.25, -0.2) is 4.52 Å². The van der Waals surface area contributed by atoms with Crippen LogP contribution in [0, 0.1) is 0 Å². The SMILES string of the molecule is COCCn1c(=O)c2cc(C(=O)NCc3ccccc3)nn2c2ccccc21. The summed E-state index contributed by atoms with van der Waals surface area (Å²) in [7, 11) is 1.60. The van der Waals surface area contributed by atoms with Crippen molar-refractivity contribution in [1.82, 2.24) is 19.5 Å². The summed E-state index contributed by atoms with van der Waals surface area (Å²) in [4.78, 5) is 25.6. The lowest BCUT2D eigenvalue weighted by Crippen LogP contribution is -2.24. The second kappa shape index (κ2) is 7.66. The third-order valence-corrected chi connectivity index (χ3v) is 4.62. The van der Waals surface area contributed by atoms with Gasteiger partial charge in [-0.3, -0.25) is 9.59 Å². The fourth-order valence-corrected chi connectivity index (χ4v) is 3.22. The van der Waals surface area contributed by atoms with E-state index < -0.39 is 0 Å². The summed E-state index contributed by atoms with van der Waals surface area (Å²) in [6, 6.07) is 18.7. The second-order valence-electron chi connectivity index (χ2n) is 6.43. The highest BCUT2D eigenvalue weighted by Gasteiger charge is 2.17. The monoisotopic (exact) mass is 376 g/mol. The van der Waals surface area contributed by atoms with E-state index in [-0.39, 0.29) is 17.2 Å². The van der Waals surface area contributed by atoms with E-state index >= 15 is 0 Å². The van der Waals surface area contributed by atoms with Gasteiger partial charge in [0.15, 0.2) is 5.69 Å². The summed E-state index contributed by atoms with van der Waals surface area (Å²) < 4.78 is 8.33. The first-order valence-corrected chi connectivity index (χ1v) is 9.01. The lowest BCUT2D eigenvalue weighted by molar-refractivity contribution is 0.0945. The van der Waals surface area contributed by atoms with Crippen LogP contribution in [0.1, 0.15) is 16.1 Å². The number of para-hydroxylation sites is 2. The lowest BCUT2D eigenvalue weighted by Gasteiger charge is -2.11. The van der Waals surface area contributed by atoms with Crippen LogP contribution in [0.4, 0.5) is 0 Å². The number of aromatic nitrogens is 3. The molecule has 0 bridgehead atoms. The average molecular weight is 376 g/mol. The molecule has 28 heavy (non-hydrogen) atoms. The molecule has 0 spiro atoms. The van der Waals surface area contributed by atoms with Crippen LogP contribution in [0.25, 0.3) is 16.6 Å². The highest BCUT2D eigenvalue weighted by atomic mass is 16.5. The molecule has 0 radical (unpaired) electrons. The lowest BCUT2D eigenvalue weighted by atomic mass is 10.2. The summed E-state index contributed by atoms with van der Waals surface area (Å²) in [5, 5.41) is 7.24. The van der Waals surface area contributed by atoms with Gasteiger partial charge in [-0.15, -0.1) is 0 Å². The average Bonchev–Trinajstić information content (AvgIpc) is 3.19. The number of nitrogens with zero attached hydrogens (tertiary/aromatic N) is 3. The van der Waals surface area contributed by atoms with Gasteiger partial charge < -0.3 is 14.6 Å². The molecule has 0 fully saturated rings. The molecule has 0 aliphatic heterocycles. The summed E-state index contributed by atoms with van der Waals surface area (Å²) in [5.74, 6) is -0.320. The number of carbonyl (C=O) groups is 1. The highest BCUT2D eigenvalue weighted by molar-refractivity contribution is 5.94. The molecule has 2 aromatic heterocycles. The largest absolute Gasteiger partial charge is 0.383 e. The molecule has 7 heteroatoms. The Morgan fingerprint density at radius 1 is 1.04 bits per heavy atom. The Labute approximate surface area is 161 Å². The molecule has 0 atom stereocenters. The van der Waals surface area contributed by atoms with Crippen LogP contribution in [-0.2, 0) is 17.8 Å². The molecule has 7 nitrogen and oxygen atoms in total. The molecule has 4 rings (SSSR count). The molecule has 1 N–H and O–H groups in total. The number of rotatable bonds is 6. The van der Waals surface area contributed by atoms with E-state index in [1.165, 1.54) is 0 Å². The van der Waals surface area contributed by atoms with E-state index in [9.17, 15) is 9.59 Å². The topological polar surface area (TPSA) is 77.6 Å². The maximum absolute atomic E-state index is 13.0. The first-order valence-electron chi connectivity index (χ1n) is 9.01. The number of ether oxygens (including phenoxy) is 1. The molecule has 4 aromatic rings. The van der Waals surface area contributed by atoms with Crippen molar-refractivity contribution in [3.63, 3.8) is 0 Å². The third-order valence-electron chi connectivity index (χ3n) is 4.62. The first kappa shape index (κ1) is 17.9. The number of hydrogen-bond donors (Lipinski definition) is 1. The van der Waals surface area contributed by atoms with Crippen molar-refractivity contribution in [2.75, 3.05) is 13.7 Å². The van der Waals surface area contributed by atoms with E-state index in [0.717, 1.165) is 16.6 Å². The van der Waals surface area contributed by atoms with E-state index in [0.29, 0.717) is 25.2 Å². The van der Waals surface area contributed by atoms with E-state index in [4.69, 9.17) is 4.74 Å². The summed E-state index contributed by atoms with van der Waals surface area (Å²) >= 11 is 0. The van der Waals surface area contributed by atoms with E-state index in [2.05, 4.69) is 10.4 Å². The van der Waals surface area contributed by atoms with Gasteiger partial charge in [-0.1, -0.05) is 42.5 Å². The van der Waals surface area contributed by atoms with E-state index in [1.54, 1.807) is 22.3 Å². The van der Waals surface area contributed by atoms with Gasteiger partial charge in [0, 0.05) is 26.3 Å². The Morgan fingerprint density at radius 2 is 1.75 bits per heavy atom. The predicted molar refractivity (Wildman–Crippen MR) is 106 cm³/mol. The van der Waals surface area contributed by atoms with Crippen LogP contribution in [0.5, 0.6) is 0 Å². The quantitative estimate of drug-likeness (QED) is 0.560. The zero-order chi connectivity index (χ0) is 19.5. The van der Waals surface area contributed by atoms with Crippen molar-refractivity contribution in [2.24, 2.45) is 0 Å². The summed E-state index contributed by atoms with van der Waals surface area (Å²) in [6.07, 6.45) is 0. The van der Waals surface area contributed by atoms with Gasteiger partial charge in [0.25, 0.3) is 11.5 Å². The summed E-state index contributed by atoms with van der Waals surface area (Å²) in [5.41, 5.74) is 2.87. The van der Waals surface area contributed by atoms with Crippen LogP contribution in [0.3, 0.4) is 0 Å². The van der Waals surface area contributed by atoms with Crippen LogP contribution in [-0.4, -0.2) is 33.8 Å². The van der Waals surface area contributed by atoms with Gasteiger partial charge in [0.2, 0.25) is 0 Å². The number of fused-ring (bicyclic) bond motifs is 3. The minimum Gasteiger partial charge on any atom is -0.383 e. The maximum Gasteiger partial charge on any atom is 0.277 e. The molecule has 1 amide bonds. The molecule has 0 unspecified atom stereocenters. The number of benzene rings is 2.